The van der Waals surface area contributed by atoms with Crippen LogP contribution in [0.25, 0.3) is 0 Å². The van der Waals surface area contributed by atoms with Crippen molar-refractivity contribution < 1.29 is 14.6 Å². The number of carbonyl (C=O) groups is 1. The van der Waals surface area contributed by atoms with Crippen molar-refractivity contribution >= 4 is 17.6 Å². The smallest absolute Gasteiger partial charge is 0.309 e. The first-order chi connectivity index (χ1) is 9.15. The molecule has 7 heteroatoms. The summed E-state index contributed by atoms with van der Waals surface area (Å²) in [6, 6.07) is 7.01. The minimum absolute atomic E-state index is 0.103. The van der Waals surface area contributed by atoms with Crippen molar-refractivity contribution in [1.29, 1.82) is 0 Å². The first kappa shape index (κ1) is 13.4. The second kappa shape index (κ2) is 6.19. The van der Waals surface area contributed by atoms with Crippen LogP contribution in [-0.4, -0.2) is 32.7 Å². The first-order valence-electron chi connectivity index (χ1n) is 5.62. The van der Waals surface area contributed by atoms with Gasteiger partial charge in [0.25, 0.3) is 0 Å². The number of rotatable bonds is 6. The molecule has 0 radical (unpaired) electrons. The van der Waals surface area contributed by atoms with Crippen LogP contribution in [0.4, 0.5) is 0 Å². The van der Waals surface area contributed by atoms with Gasteiger partial charge in [-0.15, -0.1) is 5.10 Å². The molecule has 100 valence electrons. The average molecular weight is 282 g/mol. The minimum atomic E-state index is -0.915. The van der Waals surface area contributed by atoms with E-state index in [0.29, 0.717) is 29.6 Å². The number of hydrogen-bond donors (Lipinski definition) is 1. The predicted octanol–water partition coefficient (Wildman–Crippen LogP) is 1.64. The Kier molecular flexibility index (Phi) is 4.35. The lowest BCUT2D eigenvalue weighted by Crippen LogP contribution is -2.14. The van der Waals surface area contributed by atoms with Crippen molar-refractivity contribution in [2.24, 2.45) is 0 Å². The van der Waals surface area contributed by atoms with E-state index in [1.165, 1.54) is 10.9 Å². The molecule has 1 aromatic carbocycles. The molecule has 0 fully saturated rings. The molecule has 0 saturated heterocycles. The van der Waals surface area contributed by atoms with Crippen LogP contribution in [0, 0.1) is 0 Å². The highest BCUT2D eigenvalue weighted by Crippen LogP contribution is 2.15. The summed E-state index contributed by atoms with van der Waals surface area (Å²) < 4.78 is 7.02. The Morgan fingerprint density at radius 1 is 1.37 bits per heavy atom. The molecule has 2 rings (SSSR count). The maximum absolute atomic E-state index is 10.6. The molecule has 19 heavy (non-hydrogen) atoms. The third-order valence-corrected chi connectivity index (χ3v) is 2.67. The molecule has 0 aliphatic rings. The van der Waals surface area contributed by atoms with Gasteiger partial charge in [-0.05, 0) is 24.3 Å². The molecular weight excluding hydrogens is 270 g/mol. The summed E-state index contributed by atoms with van der Waals surface area (Å²) in [5.74, 6) is -0.216. The highest BCUT2D eigenvalue weighted by atomic mass is 35.5. The highest BCUT2D eigenvalue weighted by molar-refractivity contribution is 6.30. The summed E-state index contributed by atoms with van der Waals surface area (Å²) in [6.07, 6.45) is 1.34. The SMILES string of the molecule is O=C(O)Cc1cnnn1CCOc1ccc(Cl)cc1. The van der Waals surface area contributed by atoms with Gasteiger partial charge in [0.1, 0.15) is 12.4 Å². The van der Waals surface area contributed by atoms with Crippen molar-refractivity contribution in [1.82, 2.24) is 15.0 Å². The van der Waals surface area contributed by atoms with Crippen LogP contribution in [-0.2, 0) is 17.8 Å². The summed E-state index contributed by atoms with van der Waals surface area (Å²) in [6.45, 7) is 0.808. The van der Waals surface area contributed by atoms with Gasteiger partial charge in [0, 0.05) is 5.02 Å². The third kappa shape index (κ3) is 3.96. The molecular formula is C12H12ClN3O3. The first-order valence-corrected chi connectivity index (χ1v) is 6.00. The maximum Gasteiger partial charge on any atom is 0.309 e. The Morgan fingerprint density at radius 2 is 2.11 bits per heavy atom. The third-order valence-electron chi connectivity index (χ3n) is 2.42. The number of halogens is 1. The number of hydrogen-bond acceptors (Lipinski definition) is 4. The van der Waals surface area contributed by atoms with E-state index in [0.717, 1.165) is 0 Å². The normalized spacial score (nSPS) is 10.4. The van der Waals surface area contributed by atoms with Gasteiger partial charge >= 0.3 is 5.97 Å². The zero-order valence-electron chi connectivity index (χ0n) is 9.99. The lowest BCUT2D eigenvalue weighted by molar-refractivity contribution is -0.136. The van der Waals surface area contributed by atoms with Crippen LogP contribution in [0.15, 0.2) is 30.5 Å². The van der Waals surface area contributed by atoms with Gasteiger partial charge in [-0.2, -0.15) is 0 Å². The molecule has 0 aliphatic heterocycles. The lowest BCUT2D eigenvalue weighted by Gasteiger charge is -2.07. The molecule has 0 saturated carbocycles. The Balaban J connectivity index is 1.87. The number of aromatic nitrogens is 3. The monoisotopic (exact) mass is 281 g/mol. The number of nitrogens with zero attached hydrogens (tertiary/aromatic N) is 3. The Labute approximate surface area is 114 Å². The maximum atomic E-state index is 10.6. The second-order valence-electron chi connectivity index (χ2n) is 3.82. The number of carboxylic acid groups (broad SMARTS) is 1. The van der Waals surface area contributed by atoms with E-state index in [2.05, 4.69) is 10.3 Å². The van der Waals surface area contributed by atoms with Crippen LogP contribution in [0.1, 0.15) is 5.69 Å². The second-order valence-corrected chi connectivity index (χ2v) is 4.26. The van der Waals surface area contributed by atoms with Crippen molar-refractivity contribution in [3.05, 3.63) is 41.2 Å². The standard InChI is InChI=1S/C12H12ClN3O3/c13-9-1-3-11(4-2-9)19-6-5-16-10(7-12(17)18)8-14-15-16/h1-4,8H,5-7H2,(H,17,18). The van der Waals surface area contributed by atoms with Crippen molar-refractivity contribution in [2.45, 2.75) is 13.0 Å². The fourth-order valence-electron chi connectivity index (χ4n) is 1.54. The number of carboxylic acids is 1. The van der Waals surface area contributed by atoms with Crippen molar-refractivity contribution in [3.8, 4) is 5.75 Å². The summed E-state index contributed by atoms with van der Waals surface area (Å²) in [7, 11) is 0. The van der Waals surface area contributed by atoms with Crippen LogP contribution in [0.5, 0.6) is 5.75 Å². The van der Waals surface area contributed by atoms with Gasteiger partial charge in [-0.1, -0.05) is 16.8 Å². The minimum Gasteiger partial charge on any atom is -0.492 e. The molecule has 1 heterocycles. The van der Waals surface area contributed by atoms with E-state index in [-0.39, 0.29) is 6.42 Å². The molecule has 0 spiro atoms. The van der Waals surface area contributed by atoms with E-state index in [4.69, 9.17) is 21.4 Å². The van der Waals surface area contributed by atoms with Gasteiger partial charge in [0.05, 0.1) is 24.9 Å². The largest absolute Gasteiger partial charge is 0.492 e. The Hall–Kier alpha value is -2.08. The quantitative estimate of drug-likeness (QED) is 0.871. The van der Waals surface area contributed by atoms with E-state index in [9.17, 15) is 4.79 Å². The highest BCUT2D eigenvalue weighted by Gasteiger charge is 2.08. The average Bonchev–Trinajstić information content (AvgIpc) is 2.78. The van der Waals surface area contributed by atoms with E-state index in [1.54, 1.807) is 24.3 Å². The molecule has 2 aromatic rings. The number of benzene rings is 1. The van der Waals surface area contributed by atoms with Gasteiger partial charge in [0.15, 0.2) is 0 Å². The van der Waals surface area contributed by atoms with Crippen LogP contribution >= 0.6 is 11.6 Å². The fourth-order valence-corrected chi connectivity index (χ4v) is 1.67. The zero-order chi connectivity index (χ0) is 13.7. The van der Waals surface area contributed by atoms with Crippen LogP contribution < -0.4 is 4.74 Å². The van der Waals surface area contributed by atoms with Gasteiger partial charge in [0.2, 0.25) is 0 Å². The topological polar surface area (TPSA) is 77.2 Å². The molecule has 0 aliphatic carbocycles. The summed E-state index contributed by atoms with van der Waals surface area (Å²) in [4.78, 5) is 10.6. The Morgan fingerprint density at radius 3 is 2.79 bits per heavy atom. The fraction of sp³-hybridized carbons (Fsp3) is 0.250. The van der Waals surface area contributed by atoms with E-state index >= 15 is 0 Å². The molecule has 0 unspecified atom stereocenters. The molecule has 1 N–H and O–H groups in total. The van der Waals surface area contributed by atoms with Crippen molar-refractivity contribution in [3.63, 3.8) is 0 Å². The molecule has 1 aromatic heterocycles. The molecule has 6 nitrogen and oxygen atoms in total. The predicted molar refractivity (Wildman–Crippen MR) is 68.3 cm³/mol. The number of ether oxygens (including phenoxy) is 1. The van der Waals surface area contributed by atoms with E-state index in [1.807, 2.05) is 0 Å². The zero-order valence-corrected chi connectivity index (χ0v) is 10.7. The van der Waals surface area contributed by atoms with Crippen LogP contribution in [0.2, 0.25) is 5.02 Å². The van der Waals surface area contributed by atoms with Gasteiger partial charge < -0.3 is 9.84 Å². The number of aliphatic carboxylic acids is 1. The molecule has 0 bridgehead atoms. The summed E-state index contributed by atoms with van der Waals surface area (Å²) in [5, 5.41) is 16.9. The summed E-state index contributed by atoms with van der Waals surface area (Å²) in [5.41, 5.74) is 0.548. The molecule has 0 amide bonds. The van der Waals surface area contributed by atoms with Gasteiger partial charge in [-0.3, -0.25) is 4.79 Å². The summed E-state index contributed by atoms with van der Waals surface area (Å²) >= 11 is 5.76. The van der Waals surface area contributed by atoms with Crippen molar-refractivity contribution in [2.75, 3.05) is 6.61 Å². The van der Waals surface area contributed by atoms with E-state index < -0.39 is 5.97 Å². The van der Waals surface area contributed by atoms with Crippen LogP contribution in [0.3, 0.4) is 0 Å². The Bertz CT molecular complexity index is 554. The van der Waals surface area contributed by atoms with Gasteiger partial charge in [-0.25, -0.2) is 4.68 Å². The lowest BCUT2D eigenvalue weighted by atomic mass is 10.3. The molecule has 0 atom stereocenters.